The van der Waals surface area contributed by atoms with Crippen LogP contribution in [0, 0.1) is 6.92 Å². The molecule has 0 saturated carbocycles. The molecule has 0 fully saturated rings. The maximum atomic E-state index is 10.5. The summed E-state index contributed by atoms with van der Waals surface area (Å²) >= 11 is 0. The zero-order valence-corrected chi connectivity index (χ0v) is 8.37. The number of phenols is 1. The Morgan fingerprint density at radius 3 is 2.57 bits per heavy atom. The first-order chi connectivity index (χ1) is 6.54. The lowest BCUT2D eigenvalue weighted by Crippen LogP contribution is -2.01. The van der Waals surface area contributed by atoms with Gasteiger partial charge in [0, 0.05) is 5.56 Å². The van der Waals surface area contributed by atoms with E-state index in [4.69, 9.17) is 5.11 Å². The normalized spacial score (nSPS) is 10.1. The van der Waals surface area contributed by atoms with Crippen molar-refractivity contribution < 1.29 is 15.0 Å². The summed E-state index contributed by atoms with van der Waals surface area (Å²) in [5.41, 5.74) is 2.28. The molecule has 0 aliphatic heterocycles. The summed E-state index contributed by atoms with van der Waals surface area (Å²) in [7, 11) is 0. The van der Waals surface area contributed by atoms with Gasteiger partial charge >= 0.3 is 5.97 Å². The number of hydrogen-bond acceptors (Lipinski definition) is 2. The topological polar surface area (TPSA) is 57.5 Å². The monoisotopic (exact) mass is 194 g/mol. The van der Waals surface area contributed by atoms with E-state index in [1.807, 2.05) is 13.0 Å². The van der Waals surface area contributed by atoms with Crippen LogP contribution in [0.5, 0.6) is 5.75 Å². The number of rotatable bonds is 3. The van der Waals surface area contributed by atoms with Gasteiger partial charge in [0.25, 0.3) is 0 Å². The van der Waals surface area contributed by atoms with Crippen molar-refractivity contribution in [3.8, 4) is 5.75 Å². The minimum atomic E-state index is -0.923. The molecule has 0 atom stereocenters. The minimum absolute atomic E-state index is 0.101. The van der Waals surface area contributed by atoms with Crippen molar-refractivity contribution in [1.82, 2.24) is 0 Å². The molecule has 0 unspecified atom stereocenters. The van der Waals surface area contributed by atoms with E-state index in [9.17, 15) is 9.90 Å². The molecule has 1 rings (SSSR count). The van der Waals surface area contributed by atoms with Crippen LogP contribution in [0.1, 0.15) is 23.6 Å². The van der Waals surface area contributed by atoms with Crippen LogP contribution in [-0.4, -0.2) is 16.2 Å². The Bertz CT molecular complexity index is 356. The molecule has 3 nitrogen and oxygen atoms in total. The average Bonchev–Trinajstić information content (AvgIpc) is 2.11. The third kappa shape index (κ3) is 2.25. The summed E-state index contributed by atoms with van der Waals surface area (Å²) in [5.74, 6) is -0.822. The van der Waals surface area contributed by atoms with Gasteiger partial charge in [-0.05, 0) is 24.5 Å². The standard InChI is InChI=1S/C11H14O3/c1-3-8-4-7(2)11(14)9(5-8)6-10(12)13/h4-5,14H,3,6H2,1-2H3,(H,12,13). The Labute approximate surface area is 83.0 Å². The number of phenolic OH excluding ortho intramolecular Hbond substituents is 1. The van der Waals surface area contributed by atoms with Crippen LogP contribution in [0.25, 0.3) is 0 Å². The molecule has 2 N–H and O–H groups in total. The molecule has 0 aromatic heterocycles. The molecule has 0 aliphatic rings. The fourth-order valence-electron chi connectivity index (χ4n) is 1.44. The molecule has 0 amide bonds. The van der Waals surface area contributed by atoms with Gasteiger partial charge < -0.3 is 10.2 Å². The molecule has 14 heavy (non-hydrogen) atoms. The maximum Gasteiger partial charge on any atom is 0.307 e. The first kappa shape index (κ1) is 10.6. The van der Waals surface area contributed by atoms with Crippen LogP contribution in [0.4, 0.5) is 0 Å². The number of aromatic hydroxyl groups is 1. The highest BCUT2D eigenvalue weighted by Crippen LogP contribution is 2.24. The van der Waals surface area contributed by atoms with Crippen LogP contribution >= 0.6 is 0 Å². The third-order valence-electron chi connectivity index (χ3n) is 2.19. The lowest BCUT2D eigenvalue weighted by Gasteiger charge is -2.07. The van der Waals surface area contributed by atoms with Gasteiger partial charge in [-0.2, -0.15) is 0 Å². The van der Waals surface area contributed by atoms with E-state index >= 15 is 0 Å². The fourth-order valence-corrected chi connectivity index (χ4v) is 1.44. The summed E-state index contributed by atoms with van der Waals surface area (Å²) in [6.45, 7) is 3.77. The third-order valence-corrected chi connectivity index (χ3v) is 2.19. The van der Waals surface area contributed by atoms with Gasteiger partial charge in [0.2, 0.25) is 0 Å². The second kappa shape index (κ2) is 4.13. The van der Waals surface area contributed by atoms with Gasteiger partial charge in [0.15, 0.2) is 0 Å². The van der Waals surface area contributed by atoms with Crippen molar-refractivity contribution in [1.29, 1.82) is 0 Å². The van der Waals surface area contributed by atoms with Gasteiger partial charge in [-0.25, -0.2) is 0 Å². The number of aryl methyl sites for hydroxylation is 2. The molecular weight excluding hydrogens is 180 g/mol. The predicted molar refractivity (Wildman–Crippen MR) is 53.6 cm³/mol. The van der Waals surface area contributed by atoms with Crippen molar-refractivity contribution in [2.75, 3.05) is 0 Å². The molecular formula is C11H14O3. The Morgan fingerprint density at radius 1 is 1.43 bits per heavy atom. The van der Waals surface area contributed by atoms with E-state index in [0.29, 0.717) is 5.56 Å². The average molecular weight is 194 g/mol. The fraction of sp³-hybridized carbons (Fsp3) is 0.364. The molecule has 1 aromatic carbocycles. The van der Waals surface area contributed by atoms with Crippen LogP contribution in [-0.2, 0) is 17.6 Å². The van der Waals surface area contributed by atoms with E-state index in [1.165, 1.54) is 0 Å². The number of carboxylic acid groups (broad SMARTS) is 1. The van der Waals surface area contributed by atoms with Gasteiger partial charge in [-0.1, -0.05) is 19.1 Å². The minimum Gasteiger partial charge on any atom is -0.507 e. The Hall–Kier alpha value is -1.51. The zero-order valence-electron chi connectivity index (χ0n) is 8.37. The highest BCUT2D eigenvalue weighted by Gasteiger charge is 2.09. The molecule has 76 valence electrons. The summed E-state index contributed by atoms with van der Waals surface area (Å²) in [6, 6.07) is 3.62. The van der Waals surface area contributed by atoms with Gasteiger partial charge in [-0.3, -0.25) is 4.79 Å². The van der Waals surface area contributed by atoms with Crippen molar-refractivity contribution in [3.63, 3.8) is 0 Å². The first-order valence-electron chi connectivity index (χ1n) is 4.57. The van der Waals surface area contributed by atoms with Crippen LogP contribution in [0.3, 0.4) is 0 Å². The molecule has 1 aromatic rings. The Morgan fingerprint density at radius 2 is 2.07 bits per heavy atom. The van der Waals surface area contributed by atoms with Crippen molar-refractivity contribution in [2.45, 2.75) is 26.7 Å². The summed E-state index contributed by atoms with van der Waals surface area (Å²) in [5, 5.41) is 18.2. The molecule has 0 radical (unpaired) electrons. The predicted octanol–water partition coefficient (Wildman–Crippen LogP) is 1.89. The van der Waals surface area contributed by atoms with E-state index in [-0.39, 0.29) is 12.2 Å². The lowest BCUT2D eigenvalue weighted by atomic mass is 10.0. The first-order valence-corrected chi connectivity index (χ1v) is 4.57. The number of hydrogen-bond donors (Lipinski definition) is 2. The van der Waals surface area contributed by atoms with Crippen LogP contribution in [0.15, 0.2) is 12.1 Å². The molecule has 0 bridgehead atoms. The quantitative estimate of drug-likeness (QED) is 0.772. The van der Waals surface area contributed by atoms with Gasteiger partial charge in [-0.15, -0.1) is 0 Å². The smallest absolute Gasteiger partial charge is 0.307 e. The van der Waals surface area contributed by atoms with E-state index in [2.05, 4.69) is 0 Å². The van der Waals surface area contributed by atoms with Crippen LogP contribution in [0.2, 0.25) is 0 Å². The highest BCUT2D eigenvalue weighted by atomic mass is 16.4. The molecule has 0 heterocycles. The van der Waals surface area contributed by atoms with E-state index in [1.54, 1.807) is 13.0 Å². The van der Waals surface area contributed by atoms with Crippen molar-refractivity contribution in [2.24, 2.45) is 0 Å². The van der Waals surface area contributed by atoms with Gasteiger partial charge in [0.05, 0.1) is 6.42 Å². The number of benzene rings is 1. The summed E-state index contributed by atoms with van der Waals surface area (Å²) in [6.07, 6.45) is 0.717. The number of carboxylic acids is 1. The van der Waals surface area contributed by atoms with Crippen LogP contribution < -0.4 is 0 Å². The van der Waals surface area contributed by atoms with Gasteiger partial charge in [0.1, 0.15) is 5.75 Å². The Kier molecular flexibility index (Phi) is 3.12. The summed E-state index contributed by atoms with van der Waals surface area (Å²) in [4.78, 5) is 10.5. The second-order valence-corrected chi connectivity index (χ2v) is 3.34. The number of aliphatic carboxylic acids is 1. The second-order valence-electron chi connectivity index (χ2n) is 3.34. The molecule has 0 saturated heterocycles. The zero-order chi connectivity index (χ0) is 10.7. The Balaban J connectivity index is 3.13. The number of carbonyl (C=O) groups is 1. The van der Waals surface area contributed by atoms with E-state index in [0.717, 1.165) is 17.5 Å². The van der Waals surface area contributed by atoms with Crippen molar-refractivity contribution >= 4 is 5.97 Å². The largest absolute Gasteiger partial charge is 0.507 e. The highest BCUT2D eigenvalue weighted by molar-refractivity contribution is 5.71. The SMILES string of the molecule is CCc1cc(C)c(O)c(CC(=O)O)c1. The summed E-state index contributed by atoms with van der Waals surface area (Å²) < 4.78 is 0. The molecule has 0 aliphatic carbocycles. The van der Waals surface area contributed by atoms with Crippen molar-refractivity contribution in [3.05, 3.63) is 28.8 Å². The molecule has 3 heteroatoms. The maximum absolute atomic E-state index is 10.5. The lowest BCUT2D eigenvalue weighted by molar-refractivity contribution is -0.136. The van der Waals surface area contributed by atoms with E-state index < -0.39 is 5.97 Å². The molecule has 0 spiro atoms.